The minimum atomic E-state index is -0.722. The smallest absolute Gasteiger partial charge is 0.312 e. The van der Waals surface area contributed by atoms with E-state index in [0.29, 0.717) is 5.56 Å². The van der Waals surface area contributed by atoms with Crippen LogP contribution in [0.4, 0.5) is 4.79 Å². The van der Waals surface area contributed by atoms with Crippen molar-refractivity contribution in [2.24, 2.45) is 5.73 Å². The van der Waals surface area contributed by atoms with E-state index in [-0.39, 0.29) is 6.42 Å². The molecule has 0 saturated heterocycles. The summed E-state index contributed by atoms with van der Waals surface area (Å²) >= 11 is 4.67. The second kappa shape index (κ2) is 8.46. The molecular weight excluding hydrogens is 396 g/mol. The van der Waals surface area contributed by atoms with Crippen LogP contribution in [0.5, 0.6) is 0 Å². The lowest BCUT2D eigenvalue weighted by Gasteiger charge is -2.16. The zero-order chi connectivity index (χ0) is 17.5. The molecule has 1 unspecified atom stereocenters. The van der Waals surface area contributed by atoms with Crippen LogP contribution >= 0.6 is 27.3 Å². The number of hydrogen-bond donors (Lipinski definition) is 4. The second-order valence-corrected chi connectivity index (χ2v) is 6.68. The van der Waals surface area contributed by atoms with E-state index >= 15 is 0 Å². The van der Waals surface area contributed by atoms with E-state index in [2.05, 4.69) is 32.1 Å². The van der Waals surface area contributed by atoms with Gasteiger partial charge in [-0.25, -0.2) is 4.79 Å². The van der Waals surface area contributed by atoms with Gasteiger partial charge >= 0.3 is 6.03 Å². The fraction of sp³-hybridized carbons (Fsp3) is 0.133. The number of benzene rings is 1. The predicted octanol–water partition coefficient (Wildman–Crippen LogP) is 2.07. The van der Waals surface area contributed by atoms with Crippen LogP contribution in [0.15, 0.2) is 46.3 Å². The number of hydrazine groups is 1. The summed E-state index contributed by atoms with van der Waals surface area (Å²) in [6, 6.07) is 9.01. The van der Waals surface area contributed by atoms with Crippen molar-refractivity contribution in [3.05, 3.63) is 56.7 Å². The molecule has 0 fully saturated rings. The average Bonchev–Trinajstić information content (AvgIpc) is 3.06. The van der Waals surface area contributed by atoms with Crippen molar-refractivity contribution in [2.45, 2.75) is 12.5 Å². The zero-order valence-corrected chi connectivity index (χ0v) is 14.8. The Bertz CT molecular complexity index is 719. The van der Waals surface area contributed by atoms with E-state index in [1.807, 2.05) is 11.4 Å². The Morgan fingerprint density at radius 2 is 1.83 bits per heavy atom. The molecule has 24 heavy (non-hydrogen) atoms. The van der Waals surface area contributed by atoms with Gasteiger partial charge in [-0.2, -0.15) is 0 Å². The van der Waals surface area contributed by atoms with E-state index in [1.54, 1.807) is 30.3 Å². The molecular formula is C15H15BrN4O3S. The first kappa shape index (κ1) is 18.0. The molecule has 0 bridgehead atoms. The highest BCUT2D eigenvalue weighted by Gasteiger charge is 2.18. The Kier molecular flexibility index (Phi) is 6.33. The van der Waals surface area contributed by atoms with Crippen LogP contribution in [0.2, 0.25) is 0 Å². The van der Waals surface area contributed by atoms with Crippen molar-refractivity contribution >= 4 is 45.1 Å². The Morgan fingerprint density at radius 3 is 2.42 bits per heavy atom. The number of carbonyl (C=O) groups is 3. The van der Waals surface area contributed by atoms with Gasteiger partial charge in [0.25, 0.3) is 5.91 Å². The monoisotopic (exact) mass is 410 g/mol. The normalized spacial score (nSPS) is 11.4. The molecule has 4 amide bonds. The molecule has 0 radical (unpaired) electrons. The third-order valence-electron chi connectivity index (χ3n) is 3.01. The Labute approximate surface area is 150 Å². The van der Waals surface area contributed by atoms with Gasteiger partial charge in [0, 0.05) is 14.9 Å². The van der Waals surface area contributed by atoms with Crippen molar-refractivity contribution in [1.29, 1.82) is 0 Å². The van der Waals surface area contributed by atoms with Crippen molar-refractivity contribution in [3.63, 3.8) is 0 Å². The first-order valence-electron chi connectivity index (χ1n) is 6.90. The van der Waals surface area contributed by atoms with Gasteiger partial charge in [-0.15, -0.1) is 11.3 Å². The maximum absolute atomic E-state index is 12.0. The van der Waals surface area contributed by atoms with Gasteiger partial charge in [0.05, 0.1) is 12.5 Å². The summed E-state index contributed by atoms with van der Waals surface area (Å²) in [5.74, 6) is -0.890. The fourth-order valence-corrected chi connectivity index (χ4v) is 2.96. The van der Waals surface area contributed by atoms with Crippen LogP contribution in [0.25, 0.3) is 0 Å². The molecule has 0 spiro atoms. The molecule has 1 aromatic heterocycles. The number of rotatable bonds is 5. The van der Waals surface area contributed by atoms with Gasteiger partial charge < -0.3 is 11.1 Å². The highest BCUT2D eigenvalue weighted by molar-refractivity contribution is 9.10. The topological polar surface area (TPSA) is 113 Å². The van der Waals surface area contributed by atoms with Crippen LogP contribution in [-0.2, 0) is 4.79 Å². The van der Waals surface area contributed by atoms with Gasteiger partial charge in [-0.1, -0.05) is 22.0 Å². The Balaban J connectivity index is 1.90. The highest BCUT2D eigenvalue weighted by atomic mass is 79.9. The Morgan fingerprint density at radius 1 is 1.12 bits per heavy atom. The summed E-state index contributed by atoms with van der Waals surface area (Å²) in [5.41, 5.74) is 10.2. The number of nitrogens with one attached hydrogen (secondary N) is 3. The number of halogens is 1. The minimum absolute atomic E-state index is 0.0515. The minimum Gasteiger partial charge on any atom is -0.352 e. The number of primary amides is 1. The van der Waals surface area contributed by atoms with Crippen molar-refractivity contribution in [3.8, 4) is 0 Å². The van der Waals surface area contributed by atoms with Crippen LogP contribution in [0.3, 0.4) is 0 Å². The number of nitrogens with two attached hydrogens (primary N) is 1. The van der Waals surface area contributed by atoms with Gasteiger partial charge in [0.2, 0.25) is 5.91 Å². The summed E-state index contributed by atoms with van der Waals surface area (Å²) in [7, 11) is 0. The molecule has 0 aliphatic carbocycles. The number of amides is 4. The summed E-state index contributed by atoms with van der Waals surface area (Å²) in [4.78, 5) is 35.8. The van der Waals surface area contributed by atoms with Crippen molar-refractivity contribution in [1.82, 2.24) is 16.2 Å². The van der Waals surface area contributed by atoms with Gasteiger partial charge in [0.15, 0.2) is 0 Å². The number of hydrogen-bond acceptors (Lipinski definition) is 4. The largest absolute Gasteiger partial charge is 0.352 e. The molecule has 1 heterocycles. The summed E-state index contributed by atoms with van der Waals surface area (Å²) in [5, 5.41) is 4.34. The van der Waals surface area contributed by atoms with E-state index in [1.165, 1.54) is 11.3 Å². The lowest BCUT2D eigenvalue weighted by molar-refractivity contribution is -0.122. The molecule has 7 nitrogen and oxygen atoms in total. The van der Waals surface area contributed by atoms with Crippen molar-refractivity contribution in [2.75, 3.05) is 0 Å². The molecule has 1 atom stereocenters. The van der Waals surface area contributed by atoms with E-state index in [0.717, 1.165) is 9.35 Å². The third-order valence-corrected chi connectivity index (χ3v) is 4.53. The summed E-state index contributed by atoms with van der Waals surface area (Å²) in [6.07, 6.45) is -0.0515. The Hall–Kier alpha value is -2.39. The molecule has 2 rings (SSSR count). The van der Waals surface area contributed by atoms with Crippen LogP contribution < -0.4 is 21.9 Å². The summed E-state index contributed by atoms with van der Waals surface area (Å²) < 4.78 is 0.847. The standard InChI is InChI=1S/C15H15BrN4O3S/c16-10-5-3-9(4-6-10)14(22)20-19-13(21)8-11(18-15(17)23)12-2-1-7-24-12/h1-7,11H,8H2,(H,19,21)(H,20,22)(H3,17,18,23). The molecule has 5 N–H and O–H groups in total. The molecule has 0 aliphatic rings. The van der Waals surface area contributed by atoms with E-state index < -0.39 is 23.9 Å². The molecule has 0 saturated carbocycles. The number of thiophene rings is 1. The number of carbonyl (C=O) groups excluding carboxylic acids is 3. The van der Waals surface area contributed by atoms with Crippen LogP contribution in [0, 0.1) is 0 Å². The van der Waals surface area contributed by atoms with Gasteiger partial charge in [-0.05, 0) is 35.7 Å². The first-order valence-corrected chi connectivity index (χ1v) is 8.57. The maximum Gasteiger partial charge on any atom is 0.312 e. The molecule has 1 aromatic carbocycles. The average molecular weight is 411 g/mol. The SMILES string of the molecule is NC(=O)NC(CC(=O)NNC(=O)c1ccc(Br)cc1)c1cccs1. The van der Waals surface area contributed by atoms with Gasteiger partial charge in [0.1, 0.15) is 0 Å². The molecule has 126 valence electrons. The highest BCUT2D eigenvalue weighted by Crippen LogP contribution is 2.21. The quantitative estimate of drug-likeness (QED) is 0.565. The lowest BCUT2D eigenvalue weighted by Crippen LogP contribution is -2.43. The van der Waals surface area contributed by atoms with E-state index in [9.17, 15) is 14.4 Å². The molecule has 0 aliphatic heterocycles. The maximum atomic E-state index is 12.0. The van der Waals surface area contributed by atoms with Gasteiger partial charge in [-0.3, -0.25) is 20.4 Å². The lowest BCUT2D eigenvalue weighted by atomic mass is 10.1. The molecule has 9 heteroatoms. The summed E-state index contributed by atoms with van der Waals surface area (Å²) in [6.45, 7) is 0. The van der Waals surface area contributed by atoms with Crippen LogP contribution in [-0.4, -0.2) is 17.8 Å². The van der Waals surface area contributed by atoms with Crippen molar-refractivity contribution < 1.29 is 14.4 Å². The fourth-order valence-electron chi connectivity index (χ4n) is 1.92. The van der Waals surface area contributed by atoms with E-state index in [4.69, 9.17) is 5.73 Å². The van der Waals surface area contributed by atoms with Crippen LogP contribution in [0.1, 0.15) is 27.7 Å². The molecule has 2 aromatic rings. The predicted molar refractivity (Wildman–Crippen MR) is 94.1 cm³/mol. The third kappa shape index (κ3) is 5.36. The zero-order valence-electron chi connectivity index (χ0n) is 12.4. The first-order chi connectivity index (χ1) is 11.5. The number of urea groups is 1. The second-order valence-electron chi connectivity index (χ2n) is 4.79.